The van der Waals surface area contributed by atoms with Crippen LogP contribution in [0.4, 0.5) is 0 Å². The summed E-state index contributed by atoms with van der Waals surface area (Å²) in [6.07, 6.45) is 4.65. The molecule has 0 radical (unpaired) electrons. The zero-order valence-corrected chi connectivity index (χ0v) is 17.8. The SMILES string of the molecule is CC(C)n1ncc2c(C(=O)N3CCC(C(=O)N(C)C)CC3)cc(-c3ccco3)nc21. The molecule has 1 saturated heterocycles. The summed E-state index contributed by atoms with van der Waals surface area (Å²) >= 11 is 0. The Morgan fingerprint density at radius 1 is 1.23 bits per heavy atom. The molecule has 158 valence electrons. The highest BCUT2D eigenvalue weighted by molar-refractivity contribution is 6.06. The molecule has 1 fully saturated rings. The third-order valence-electron chi connectivity index (χ3n) is 5.63. The van der Waals surface area contributed by atoms with Gasteiger partial charge in [0.1, 0.15) is 5.69 Å². The van der Waals surface area contributed by atoms with Crippen molar-refractivity contribution in [3.63, 3.8) is 0 Å². The summed E-state index contributed by atoms with van der Waals surface area (Å²) in [5, 5.41) is 5.19. The number of amides is 2. The predicted molar refractivity (Wildman–Crippen MR) is 113 cm³/mol. The lowest BCUT2D eigenvalue weighted by atomic mass is 9.95. The first-order chi connectivity index (χ1) is 14.4. The van der Waals surface area contributed by atoms with Crippen molar-refractivity contribution < 1.29 is 14.0 Å². The number of furan rings is 1. The second-order valence-electron chi connectivity index (χ2n) is 8.25. The van der Waals surface area contributed by atoms with Crippen molar-refractivity contribution >= 4 is 22.8 Å². The van der Waals surface area contributed by atoms with Gasteiger partial charge in [-0.05, 0) is 44.9 Å². The van der Waals surface area contributed by atoms with E-state index < -0.39 is 0 Å². The number of pyridine rings is 1. The molecule has 8 nitrogen and oxygen atoms in total. The molecule has 0 unspecified atom stereocenters. The fourth-order valence-corrected chi connectivity index (χ4v) is 3.99. The van der Waals surface area contributed by atoms with E-state index in [1.165, 1.54) is 0 Å². The molecule has 0 bridgehead atoms. The third-order valence-corrected chi connectivity index (χ3v) is 5.63. The molecule has 0 aromatic carbocycles. The Morgan fingerprint density at radius 3 is 2.57 bits per heavy atom. The number of carbonyl (C=O) groups is 2. The van der Waals surface area contributed by atoms with Gasteiger partial charge in [-0.2, -0.15) is 5.10 Å². The van der Waals surface area contributed by atoms with Crippen LogP contribution in [0.1, 0.15) is 43.1 Å². The standard InChI is InChI=1S/C22H27N5O3/c1-14(2)27-20-17(13-23-27)16(12-18(24-20)19-6-5-11-30-19)22(29)26-9-7-15(8-10-26)21(28)25(3)4/h5-6,11-15H,7-10H2,1-4H3. The summed E-state index contributed by atoms with van der Waals surface area (Å²) in [5.74, 6) is 0.655. The Kier molecular flexibility index (Phi) is 5.32. The molecule has 8 heteroatoms. The Morgan fingerprint density at radius 2 is 1.97 bits per heavy atom. The van der Waals surface area contributed by atoms with Crippen LogP contribution in [0, 0.1) is 5.92 Å². The molecule has 0 spiro atoms. The van der Waals surface area contributed by atoms with Gasteiger partial charge in [-0.25, -0.2) is 9.67 Å². The lowest BCUT2D eigenvalue weighted by Gasteiger charge is -2.32. The number of piperidine rings is 1. The van der Waals surface area contributed by atoms with Crippen LogP contribution < -0.4 is 0 Å². The number of hydrogen-bond donors (Lipinski definition) is 0. The van der Waals surface area contributed by atoms with Gasteiger partial charge in [-0.15, -0.1) is 0 Å². The molecule has 0 N–H and O–H groups in total. The molecule has 30 heavy (non-hydrogen) atoms. The van der Waals surface area contributed by atoms with Crippen molar-refractivity contribution in [2.45, 2.75) is 32.7 Å². The van der Waals surface area contributed by atoms with Crippen LogP contribution in [0.2, 0.25) is 0 Å². The summed E-state index contributed by atoms with van der Waals surface area (Å²) in [4.78, 5) is 33.9. The topological polar surface area (TPSA) is 84.5 Å². The maximum Gasteiger partial charge on any atom is 0.254 e. The molecular weight excluding hydrogens is 382 g/mol. The highest BCUT2D eigenvalue weighted by Gasteiger charge is 2.30. The van der Waals surface area contributed by atoms with Crippen LogP contribution >= 0.6 is 0 Å². The van der Waals surface area contributed by atoms with Crippen LogP contribution in [0.25, 0.3) is 22.5 Å². The number of carbonyl (C=O) groups excluding carboxylic acids is 2. The average Bonchev–Trinajstić information content (AvgIpc) is 3.42. The fraction of sp³-hybridized carbons (Fsp3) is 0.455. The first-order valence-corrected chi connectivity index (χ1v) is 10.3. The molecule has 3 aromatic heterocycles. The zero-order valence-electron chi connectivity index (χ0n) is 17.8. The molecule has 0 aliphatic carbocycles. The van der Waals surface area contributed by atoms with Gasteiger partial charge in [0.15, 0.2) is 11.4 Å². The summed E-state index contributed by atoms with van der Waals surface area (Å²) in [6, 6.07) is 5.52. The average molecular weight is 409 g/mol. The lowest BCUT2D eigenvalue weighted by Crippen LogP contribution is -2.42. The minimum atomic E-state index is -0.0609. The van der Waals surface area contributed by atoms with E-state index >= 15 is 0 Å². The van der Waals surface area contributed by atoms with Crippen LogP contribution in [0.15, 0.2) is 35.1 Å². The van der Waals surface area contributed by atoms with Crippen molar-refractivity contribution in [3.05, 3.63) is 36.2 Å². The van der Waals surface area contributed by atoms with E-state index in [1.807, 2.05) is 29.5 Å². The van der Waals surface area contributed by atoms with E-state index in [2.05, 4.69) is 5.10 Å². The molecule has 0 saturated carbocycles. The molecule has 2 amide bonds. The molecule has 4 rings (SSSR count). The maximum absolute atomic E-state index is 13.5. The smallest absolute Gasteiger partial charge is 0.254 e. The van der Waals surface area contributed by atoms with E-state index in [0.29, 0.717) is 48.6 Å². The van der Waals surface area contributed by atoms with Crippen molar-refractivity contribution in [2.24, 2.45) is 5.92 Å². The van der Waals surface area contributed by atoms with Crippen LogP contribution in [-0.4, -0.2) is 63.6 Å². The molecule has 4 heterocycles. The number of rotatable bonds is 4. The second-order valence-corrected chi connectivity index (χ2v) is 8.25. The van der Waals surface area contributed by atoms with Gasteiger partial charge in [0.05, 0.1) is 23.4 Å². The van der Waals surface area contributed by atoms with Gasteiger partial charge in [0, 0.05) is 39.1 Å². The number of aromatic nitrogens is 3. The highest BCUT2D eigenvalue weighted by atomic mass is 16.3. The van der Waals surface area contributed by atoms with Gasteiger partial charge >= 0.3 is 0 Å². The number of nitrogens with zero attached hydrogens (tertiary/aromatic N) is 5. The van der Waals surface area contributed by atoms with Gasteiger partial charge in [-0.3, -0.25) is 9.59 Å². The molecule has 0 atom stereocenters. The summed E-state index contributed by atoms with van der Waals surface area (Å²) in [5.41, 5.74) is 1.84. The zero-order chi connectivity index (χ0) is 21.4. The third kappa shape index (κ3) is 3.58. The van der Waals surface area contributed by atoms with Gasteiger partial charge in [-0.1, -0.05) is 0 Å². The fourth-order valence-electron chi connectivity index (χ4n) is 3.99. The van der Waals surface area contributed by atoms with Crippen LogP contribution in [0.5, 0.6) is 0 Å². The van der Waals surface area contributed by atoms with Crippen molar-refractivity contribution in [1.29, 1.82) is 0 Å². The van der Waals surface area contributed by atoms with Gasteiger partial charge in [0.2, 0.25) is 5.91 Å². The largest absolute Gasteiger partial charge is 0.463 e. The number of likely N-dealkylation sites (tertiary alicyclic amines) is 1. The Bertz CT molecular complexity index is 1060. The second kappa shape index (κ2) is 7.93. The Hall–Kier alpha value is -3.16. The normalized spacial score (nSPS) is 15.2. The Balaban J connectivity index is 1.68. The van der Waals surface area contributed by atoms with Gasteiger partial charge in [0.25, 0.3) is 5.91 Å². The summed E-state index contributed by atoms with van der Waals surface area (Å²) in [7, 11) is 3.55. The van der Waals surface area contributed by atoms with Crippen LogP contribution in [0.3, 0.4) is 0 Å². The van der Waals surface area contributed by atoms with E-state index in [-0.39, 0.29) is 23.8 Å². The van der Waals surface area contributed by atoms with E-state index in [4.69, 9.17) is 9.40 Å². The minimum absolute atomic E-state index is 0.0242. The van der Waals surface area contributed by atoms with Gasteiger partial charge < -0.3 is 14.2 Å². The number of hydrogen-bond acceptors (Lipinski definition) is 5. The lowest BCUT2D eigenvalue weighted by molar-refractivity contribution is -0.134. The monoisotopic (exact) mass is 409 g/mol. The summed E-state index contributed by atoms with van der Waals surface area (Å²) < 4.78 is 7.35. The molecular formula is C22H27N5O3. The van der Waals surface area contributed by atoms with Crippen molar-refractivity contribution in [1.82, 2.24) is 24.6 Å². The molecule has 3 aromatic rings. The Labute approximate surface area is 175 Å². The van der Waals surface area contributed by atoms with E-state index in [9.17, 15) is 9.59 Å². The summed E-state index contributed by atoms with van der Waals surface area (Å²) in [6.45, 7) is 5.17. The minimum Gasteiger partial charge on any atom is -0.463 e. The first-order valence-electron chi connectivity index (χ1n) is 10.3. The maximum atomic E-state index is 13.5. The quantitative estimate of drug-likeness (QED) is 0.661. The highest BCUT2D eigenvalue weighted by Crippen LogP contribution is 2.29. The molecule has 1 aliphatic rings. The predicted octanol–water partition coefficient (Wildman–Crippen LogP) is 3.21. The number of fused-ring (bicyclic) bond motifs is 1. The van der Waals surface area contributed by atoms with Crippen molar-refractivity contribution in [2.75, 3.05) is 27.2 Å². The molecule has 1 aliphatic heterocycles. The van der Waals surface area contributed by atoms with E-state index in [0.717, 1.165) is 5.39 Å². The van der Waals surface area contributed by atoms with E-state index in [1.54, 1.807) is 43.6 Å². The van der Waals surface area contributed by atoms with Crippen molar-refractivity contribution in [3.8, 4) is 11.5 Å². The van der Waals surface area contributed by atoms with Crippen LogP contribution in [-0.2, 0) is 4.79 Å². The first kappa shape index (κ1) is 20.1.